The van der Waals surface area contributed by atoms with Crippen molar-refractivity contribution in [1.29, 1.82) is 0 Å². The normalized spacial score (nSPS) is 28.2. The van der Waals surface area contributed by atoms with Crippen molar-refractivity contribution in [2.45, 2.75) is 25.2 Å². The Morgan fingerprint density at radius 2 is 1.95 bits per heavy atom. The summed E-state index contributed by atoms with van der Waals surface area (Å²) >= 11 is 3.41. The van der Waals surface area contributed by atoms with Gasteiger partial charge in [-0.3, -0.25) is 9.59 Å². The number of carboxylic acid groups (broad SMARTS) is 1. The van der Waals surface area contributed by atoms with Crippen LogP contribution < -0.4 is 0 Å². The molecule has 0 unspecified atom stereocenters. The van der Waals surface area contributed by atoms with E-state index in [1.165, 1.54) is 5.56 Å². The number of carboxylic acids is 1. The molecule has 21 heavy (non-hydrogen) atoms. The van der Waals surface area contributed by atoms with Crippen LogP contribution in [0.1, 0.15) is 30.7 Å². The maximum absolute atomic E-state index is 12.5. The highest BCUT2D eigenvalue weighted by Crippen LogP contribution is 2.48. The Kier molecular flexibility index (Phi) is 4.02. The molecule has 1 N–H and O–H groups in total. The zero-order valence-corrected chi connectivity index (χ0v) is 13.3. The summed E-state index contributed by atoms with van der Waals surface area (Å²) in [6, 6.07) is 8.10. The van der Waals surface area contributed by atoms with Gasteiger partial charge in [-0.2, -0.15) is 0 Å². The number of benzene rings is 1. The molecule has 112 valence electrons. The highest BCUT2D eigenvalue weighted by Gasteiger charge is 2.46. The molecular weight excluding hydrogens is 334 g/mol. The van der Waals surface area contributed by atoms with Gasteiger partial charge in [0.15, 0.2) is 0 Å². The Labute approximate surface area is 132 Å². The van der Waals surface area contributed by atoms with Crippen molar-refractivity contribution in [3.8, 4) is 0 Å². The lowest BCUT2D eigenvalue weighted by atomic mass is 9.97. The summed E-state index contributed by atoms with van der Waals surface area (Å²) in [6.45, 7) is 1.07. The van der Waals surface area contributed by atoms with Gasteiger partial charge in [0.2, 0.25) is 5.91 Å². The van der Waals surface area contributed by atoms with Crippen LogP contribution in [-0.4, -0.2) is 35.0 Å². The van der Waals surface area contributed by atoms with Gasteiger partial charge in [0.1, 0.15) is 0 Å². The number of piperidine rings is 1. The van der Waals surface area contributed by atoms with Crippen LogP contribution in [0, 0.1) is 11.8 Å². The van der Waals surface area contributed by atoms with Crippen LogP contribution in [0.25, 0.3) is 0 Å². The first kappa shape index (κ1) is 14.6. The van der Waals surface area contributed by atoms with Gasteiger partial charge in [-0.1, -0.05) is 28.1 Å². The van der Waals surface area contributed by atoms with E-state index >= 15 is 0 Å². The quantitative estimate of drug-likeness (QED) is 0.910. The number of carbonyl (C=O) groups is 2. The Morgan fingerprint density at radius 3 is 2.62 bits per heavy atom. The fraction of sp³-hybridized carbons (Fsp3) is 0.500. The van der Waals surface area contributed by atoms with Crippen molar-refractivity contribution in [2.75, 3.05) is 13.1 Å². The van der Waals surface area contributed by atoms with Crippen molar-refractivity contribution >= 4 is 27.8 Å². The van der Waals surface area contributed by atoms with E-state index in [4.69, 9.17) is 5.11 Å². The van der Waals surface area contributed by atoms with Gasteiger partial charge in [0.25, 0.3) is 0 Å². The highest BCUT2D eigenvalue weighted by molar-refractivity contribution is 9.10. The van der Waals surface area contributed by atoms with E-state index in [-0.39, 0.29) is 11.8 Å². The molecule has 1 saturated heterocycles. The standard InChI is InChI=1S/C16H18BrNO3/c17-12-5-3-10(4-6-12)13-8-14(13)15(19)18-7-1-2-11(9-18)16(20)21/h3-6,11,13-14H,1-2,7-9H2,(H,20,21)/t11-,13-,14+/m1/s1. The van der Waals surface area contributed by atoms with Gasteiger partial charge >= 0.3 is 5.97 Å². The van der Waals surface area contributed by atoms with Crippen LogP contribution in [0.2, 0.25) is 0 Å². The third kappa shape index (κ3) is 3.12. The third-order valence-corrected chi connectivity index (χ3v) is 5.02. The number of rotatable bonds is 3. The number of aliphatic carboxylic acids is 1. The minimum atomic E-state index is -0.784. The fourth-order valence-corrected chi connectivity index (χ4v) is 3.42. The van der Waals surface area contributed by atoms with Gasteiger partial charge < -0.3 is 10.0 Å². The number of carbonyl (C=O) groups excluding carboxylic acids is 1. The first-order valence-corrected chi connectivity index (χ1v) is 8.12. The van der Waals surface area contributed by atoms with E-state index in [9.17, 15) is 9.59 Å². The molecule has 1 aliphatic carbocycles. The van der Waals surface area contributed by atoms with E-state index in [2.05, 4.69) is 28.1 Å². The first-order chi connectivity index (χ1) is 10.1. The molecule has 1 aromatic rings. The summed E-state index contributed by atoms with van der Waals surface area (Å²) in [6.07, 6.45) is 2.35. The molecule has 2 aliphatic rings. The molecule has 3 rings (SSSR count). The minimum Gasteiger partial charge on any atom is -0.481 e. The molecular formula is C16H18BrNO3. The van der Waals surface area contributed by atoms with Gasteiger partial charge in [-0.15, -0.1) is 0 Å². The van der Waals surface area contributed by atoms with Gasteiger partial charge in [0, 0.05) is 23.5 Å². The molecule has 0 bridgehead atoms. The summed E-state index contributed by atoms with van der Waals surface area (Å²) in [5, 5.41) is 9.11. The summed E-state index contributed by atoms with van der Waals surface area (Å²) in [5.74, 6) is -0.705. The Bertz CT molecular complexity index is 557. The van der Waals surface area contributed by atoms with Crippen molar-refractivity contribution in [3.63, 3.8) is 0 Å². The van der Waals surface area contributed by atoms with Crippen LogP contribution in [0.15, 0.2) is 28.7 Å². The van der Waals surface area contributed by atoms with Crippen molar-refractivity contribution in [2.24, 2.45) is 11.8 Å². The number of likely N-dealkylation sites (tertiary alicyclic amines) is 1. The fourth-order valence-electron chi connectivity index (χ4n) is 3.16. The minimum absolute atomic E-state index is 0.0405. The topological polar surface area (TPSA) is 57.6 Å². The summed E-state index contributed by atoms with van der Waals surface area (Å²) in [4.78, 5) is 25.3. The van der Waals surface area contributed by atoms with Gasteiger partial charge in [0.05, 0.1) is 5.92 Å². The molecule has 4 nitrogen and oxygen atoms in total. The van der Waals surface area contributed by atoms with Gasteiger partial charge in [-0.05, 0) is 42.9 Å². The molecule has 3 atom stereocenters. The first-order valence-electron chi connectivity index (χ1n) is 7.33. The summed E-state index contributed by atoms with van der Waals surface area (Å²) in [5.41, 5.74) is 1.20. The molecule has 0 spiro atoms. The maximum atomic E-state index is 12.5. The maximum Gasteiger partial charge on any atom is 0.308 e. The predicted octanol–water partition coefficient (Wildman–Crippen LogP) is 2.88. The third-order valence-electron chi connectivity index (χ3n) is 4.49. The number of hydrogen-bond donors (Lipinski definition) is 1. The lowest BCUT2D eigenvalue weighted by molar-refractivity contribution is -0.146. The number of nitrogens with zero attached hydrogens (tertiary/aromatic N) is 1. The van der Waals surface area contributed by atoms with E-state index in [0.717, 1.165) is 17.3 Å². The lowest BCUT2D eigenvalue weighted by Crippen LogP contribution is -2.43. The largest absolute Gasteiger partial charge is 0.481 e. The monoisotopic (exact) mass is 351 g/mol. The number of halogens is 1. The van der Waals surface area contributed by atoms with Crippen LogP contribution in [-0.2, 0) is 9.59 Å². The van der Waals surface area contributed by atoms with E-state index < -0.39 is 11.9 Å². The van der Waals surface area contributed by atoms with Crippen LogP contribution in [0.3, 0.4) is 0 Å². The van der Waals surface area contributed by atoms with Crippen LogP contribution in [0.4, 0.5) is 0 Å². The number of hydrogen-bond acceptors (Lipinski definition) is 2. The smallest absolute Gasteiger partial charge is 0.308 e. The molecule has 1 aromatic carbocycles. The predicted molar refractivity (Wildman–Crippen MR) is 81.9 cm³/mol. The van der Waals surface area contributed by atoms with Crippen molar-refractivity contribution < 1.29 is 14.7 Å². The van der Waals surface area contributed by atoms with Crippen LogP contribution >= 0.6 is 15.9 Å². The molecule has 2 fully saturated rings. The molecule has 1 amide bonds. The molecule has 1 aliphatic heterocycles. The van der Waals surface area contributed by atoms with Gasteiger partial charge in [-0.25, -0.2) is 0 Å². The van der Waals surface area contributed by atoms with Crippen molar-refractivity contribution in [1.82, 2.24) is 4.90 Å². The number of amides is 1. The van der Waals surface area contributed by atoms with E-state index in [0.29, 0.717) is 25.4 Å². The van der Waals surface area contributed by atoms with E-state index in [1.54, 1.807) is 4.90 Å². The second-order valence-corrected chi connectivity index (χ2v) is 6.88. The average Bonchev–Trinajstić information content (AvgIpc) is 3.28. The average molecular weight is 352 g/mol. The zero-order chi connectivity index (χ0) is 15.0. The molecule has 5 heteroatoms. The second-order valence-electron chi connectivity index (χ2n) is 5.96. The summed E-state index contributed by atoms with van der Waals surface area (Å²) < 4.78 is 1.04. The van der Waals surface area contributed by atoms with Crippen LogP contribution in [0.5, 0.6) is 0 Å². The van der Waals surface area contributed by atoms with Crippen molar-refractivity contribution in [3.05, 3.63) is 34.3 Å². The molecule has 0 radical (unpaired) electrons. The second kappa shape index (κ2) is 5.79. The SMILES string of the molecule is O=C(O)[C@@H]1CCCN(C(=O)[C@H]2C[C@@H]2c2ccc(Br)cc2)C1. The Balaban J connectivity index is 1.62. The molecule has 1 heterocycles. The zero-order valence-electron chi connectivity index (χ0n) is 11.7. The molecule has 0 aromatic heterocycles. The summed E-state index contributed by atoms with van der Waals surface area (Å²) in [7, 11) is 0. The Hall–Kier alpha value is -1.36. The van der Waals surface area contributed by atoms with E-state index in [1.807, 2.05) is 12.1 Å². The molecule has 1 saturated carbocycles. The lowest BCUT2D eigenvalue weighted by Gasteiger charge is -2.31. The highest BCUT2D eigenvalue weighted by atomic mass is 79.9. The Morgan fingerprint density at radius 1 is 1.24 bits per heavy atom.